The standard InChI is InChI=1S/C17H16Cl2N4O4/c1-9-15(19)16(25)23(17(26)22(9)2)8-14-20-13(21-27-14)7-12(24)10-3-5-11(18)6-4-10/h3-6,12,24H,7-8H2,1-2H3/t12-/m0/s1. The van der Waals surface area contributed by atoms with Gasteiger partial charge in [0.25, 0.3) is 5.56 Å². The highest BCUT2D eigenvalue weighted by Crippen LogP contribution is 2.19. The first-order valence-electron chi connectivity index (χ1n) is 7.99. The Hall–Kier alpha value is -2.42. The summed E-state index contributed by atoms with van der Waals surface area (Å²) in [5.41, 5.74) is -0.137. The molecular weight excluding hydrogens is 395 g/mol. The molecule has 0 saturated heterocycles. The lowest BCUT2D eigenvalue weighted by atomic mass is 10.1. The lowest BCUT2D eigenvalue weighted by Gasteiger charge is -2.09. The molecule has 0 spiro atoms. The van der Waals surface area contributed by atoms with Crippen LogP contribution >= 0.6 is 23.2 Å². The Kier molecular flexibility index (Phi) is 5.50. The third kappa shape index (κ3) is 3.97. The molecular formula is C17H16Cl2N4O4. The van der Waals surface area contributed by atoms with Gasteiger partial charge in [0, 0.05) is 24.2 Å². The van der Waals surface area contributed by atoms with Crippen LogP contribution in [-0.4, -0.2) is 24.4 Å². The third-order valence-electron chi connectivity index (χ3n) is 4.21. The lowest BCUT2D eigenvalue weighted by molar-refractivity contribution is 0.174. The van der Waals surface area contributed by atoms with Crippen LogP contribution in [0.25, 0.3) is 0 Å². The summed E-state index contributed by atoms with van der Waals surface area (Å²) in [6.45, 7) is 1.37. The molecule has 2 aromatic heterocycles. The maximum Gasteiger partial charge on any atom is 0.331 e. The minimum atomic E-state index is -0.850. The Morgan fingerprint density at radius 1 is 1.22 bits per heavy atom. The molecule has 0 aliphatic rings. The molecule has 1 N–H and O–H groups in total. The van der Waals surface area contributed by atoms with Crippen molar-refractivity contribution in [1.29, 1.82) is 0 Å². The van der Waals surface area contributed by atoms with Crippen LogP contribution in [-0.2, 0) is 20.0 Å². The van der Waals surface area contributed by atoms with Crippen molar-refractivity contribution in [3.05, 3.63) is 78.1 Å². The number of benzene rings is 1. The molecule has 3 aromatic rings. The zero-order valence-corrected chi connectivity index (χ0v) is 16.0. The van der Waals surface area contributed by atoms with Crippen molar-refractivity contribution in [2.45, 2.75) is 26.0 Å². The molecule has 8 nitrogen and oxygen atoms in total. The van der Waals surface area contributed by atoms with E-state index < -0.39 is 17.4 Å². The fraction of sp³-hybridized carbons (Fsp3) is 0.294. The minimum absolute atomic E-state index is 0.0463. The molecule has 27 heavy (non-hydrogen) atoms. The van der Waals surface area contributed by atoms with E-state index in [9.17, 15) is 14.7 Å². The second-order valence-corrected chi connectivity index (χ2v) is 6.82. The molecule has 1 atom stereocenters. The summed E-state index contributed by atoms with van der Waals surface area (Å²) in [5.74, 6) is 0.308. The number of halogens is 2. The summed E-state index contributed by atoms with van der Waals surface area (Å²) >= 11 is 11.8. The molecule has 0 aliphatic heterocycles. The Morgan fingerprint density at radius 3 is 2.56 bits per heavy atom. The van der Waals surface area contributed by atoms with Gasteiger partial charge in [0.2, 0.25) is 5.89 Å². The summed E-state index contributed by atoms with van der Waals surface area (Å²) in [5, 5.41) is 14.6. The predicted molar refractivity (Wildman–Crippen MR) is 99.2 cm³/mol. The Morgan fingerprint density at radius 2 is 1.89 bits per heavy atom. The molecule has 1 aromatic carbocycles. The fourth-order valence-corrected chi connectivity index (χ4v) is 2.87. The molecule has 10 heteroatoms. The topological polar surface area (TPSA) is 103 Å². The van der Waals surface area contributed by atoms with Gasteiger partial charge in [-0.25, -0.2) is 9.36 Å². The molecule has 0 fully saturated rings. The van der Waals surface area contributed by atoms with Crippen molar-refractivity contribution >= 4 is 23.2 Å². The van der Waals surface area contributed by atoms with E-state index in [0.717, 1.165) is 4.57 Å². The van der Waals surface area contributed by atoms with Gasteiger partial charge in [-0.3, -0.25) is 9.36 Å². The van der Waals surface area contributed by atoms with E-state index in [-0.39, 0.29) is 29.7 Å². The Labute approximate surface area is 163 Å². The van der Waals surface area contributed by atoms with Gasteiger partial charge >= 0.3 is 5.69 Å². The summed E-state index contributed by atoms with van der Waals surface area (Å²) < 4.78 is 7.29. The van der Waals surface area contributed by atoms with Gasteiger partial charge in [0.1, 0.15) is 11.6 Å². The van der Waals surface area contributed by atoms with Crippen LogP contribution in [0, 0.1) is 6.92 Å². The number of aromatic nitrogens is 4. The van der Waals surface area contributed by atoms with E-state index in [1.165, 1.54) is 11.6 Å². The zero-order chi connectivity index (χ0) is 19.7. The van der Waals surface area contributed by atoms with E-state index in [2.05, 4.69) is 10.1 Å². The number of hydrogen-bond acceptors (Lipinski definition) is 6. The highest BCUT2D eigenvalue weighted by Gasteiger charge is 2.17. The van der Waals surface area contributed by atoms with E-state index in [1.54, 1.807) is 31.2 Å². The smallest absolute Gasteiger partial charge is 0.331 e. The summed E-state index contributed by atoms with van der Waals surface area (Å²) in [4.78, 5) is 28.7. The normalized spacial score (nSPS) is 12.3. The van der Waals surface area contributed by atoms with Crippen LogP contribution in [0.5, 0.6) is 0 Å². The van der Waals surface area contributed by atoms with Crippen LogP contribution in [0.2, 0.25) is 10.0 Å². The number of aliphatic hydroxyl groups is 1. The van der Waals surface area contributed by atoms with Gasteiger partial charge in [-0.15, -0.1) is 0 Å². The molecule has 0 radical (unpaired) electrons. The molecule has 142 valence electrons. The first-order valence-corrected chi connectivity index (χ1v) is 8.74. The Balaban J connectivity index is 1.80. The summed E-state index contributed by atoms with van der Waals surface area (Å²) in [6.07, 6.45) is -0.746. The van der Waals surface area contributed by atoms with Crippen molar-refractivity contribution in [2.24, 2.45) is 7.05 Å². The fourth-order valence-electron chi connectivity index (χ4n) is 2.52. The van der Waals surface area contributed by atoms with Gasteiger partial charge in [0.05, 0.1) is 6.10 Å². The molecule has 0 amide bonds. The van der Waals surface area contributed by atoms with Crippen molar-refractivity contribution in [3.8, 4) is 0 Å². The van der Waals surface area contributed by atoms with Crippen molar-refractivity contribution in [1.82, 2.24) is 19.3 Å². The average molecular weight is 411 g/mol. The second-order valence-electron chi connectivity index (χ2n) is 6.01. The molecule has 0 saturated carbocycles. The summed E-state index contributed by atoms with van der Waals surface area (Å²) in [7, 11) is 1.52. The van der Waals surface area contributed by atoms with Crippen LogP contribution in [0.3, 0.4) is 0 Å². The highest BCUT2D eigenvalue weighted by atomic mass is 35.5. The molecule has 0 unspecified atom stereocenters. The molecule has 0 aliphatic carbocycles. The van der Waals surface area contributed by atoms with Crippen molar-refractivity contribution in [3.63, 3.8) is 0 Å². The molecule has 3 rings (SSSR count). The number of aliphatic hydroxyl groups excluding tert-OH is 1. The first kappa shape index (κ1) is 19.3. The lowest BCUT2D eigenvalue weighted by Crippen LogP contribution is -2.40. The van der Waals surface area contributed by atoms with Gasteiger partial charge in [-0.1, -0.05) is 40.5 Å². The Bertz CT molecular complexity index is 1050. The monoisotopic (exact) mass is 410 g/mol. The van der Waals surface area contributed by atoms with Gasteiger partial charge in [-0.05, 0) is 24.6 Å². The van der Waals surface area contributed by atoms with Crippen molar-refractivity contribution in [2.75, 3.05) is 0 Å². The zero-order valence-electron chi connectivity index (χ0n) is 14.5. The van der Waals surface area contributed by atoms with E-state index in [1.807, 2.05) is 0 Å². The van der Waals surface area contributed by atoms with E-state index in [0.29, 0.717) is 16.3 Å². The highest BCUT2D eigenvalue weighted by molar-refractivity contribution is 6.31. The second kappa shape index (κ2) is 7.67. The molecule has 0 bridgehead atoms. The third-order valence-corrected chi connectivity index (χ3v) is 4.89. The quantitative estimate of drug-likeness (QED) is 0.688. The average Bonchev–Trinajstić information content (AvgIpc) is 3.09. The van der Waals surface area contributed by atoms with E-state index in [4.69, 9.17) is 27.7 Å². The van der Waals surface area contributed by atoms with Gasteiger partial charge < -0.3 is 9.63 Å². The maximum atomic E-state index is 12.3. The van der Waals surface area contributed by atoms with E-state index >= 15 is 0 Å². The van der Waals surface area contributed by atoms with Crippen LogP contribution < -0.4 is 11.2 Å². The SMILES string of the molecule is Cc1c(Cl)c(=O)n(Cc2nc(C[C@H](O)c3ccc(Cl)cc3)no2)c(=O)n1C. The predicted octanol–water partition coefficient (Wildman–Crippen LogP) is 1.87. The van der Waals surface area contributed by atoms with Gasteiger partial charge in [-0.2, -0.15) is 4.98 Å². The largest absolute Gasteiger partial charge is 0.388 e. The minimum Gasteiger partial charge on any atom is -0.388 e. The number of rotatable bonds is 5. The summed E-state index contributed by atoms with van der Waals surface area (Å²) in [6, 6.07) is 6.74. The molecule has 2 heterocycles. The maximum absolute atomic E-state index is 12.3. The van der Waals surface area contributed by atoms with Crippen LogP contribution in [0.4, 0.5) is 0 Å². The number of hydrogen-bond donors (Lipinski definition) is 1. The van der Waals surface area contributed by atoms with Crippen LogP contribution in [0.1, 0.15) is 29.1 Å². The van der Waals surface area contributed by atoms with Crippen molar-refractivity contribution < 1.29 is 9.63 Å². The van der Waals surface area contributed by atoms with Gasteiger partial charge in [0.15, 0.2) is 5.82 Å². The van der Waals surface area contributed by atoms with Crippen LogP contribution in [0.15, 0.2) is 38.4 Å². The number of nitrogens with zero attached hydrogens (tertiary/aromatic N) is 4. The first-order chi connectivity index (χ1) is 12.8.